The minimum atomic E-state index is -0.214. The molecule has 3 aromatic rings. The van der Waals surface area contributed by atoms with Crippen molar-refractivity contribution >= 4 is 21.8 Å². The number of carbonyl (C=O) groups excluding carboxylic acids is 1. The van der Waals surface area contributed by atoms with Crippen molar-refractivity contribution in [3.05, 3.63) is 100 Å². The first-order valence-electron chi connectivity index (χ1n) is 8.98. The van der Waals surface area contributed by atoms with Gasteiger partial charge >= 0.3 is 0 Å². The van der Waals surface area contributed by atoms with Crippen molar-refractivity contribution in [2.45, 2.75) is 19.4 Å². The Bertz CT molecular complexity index is 842. The number of benzene rings is 3. The van der Waals surface area contributed by atoms with Crippen LogP contribution in [0.3, 0.4) is 0 Å². The maximum absolute atomic E-state index is 12.6. The summed E-state index contributed by atoms with van der Waals surface area (Å²) >= 11 is 3.51. The van der Waals surface area contributed by atoms with E-state index in [1.54, 1.807) is 0 Å². The first kappa shape index (κ1) is 19.2. The molecule has 0 unspecified atom stereocenters. The monoisotopic (exact) mass is 423 g/mol. The lowest BCUT2D eigenvalue weighted by Gasteiger charge is -2.20. The number of amides is 1. The summed E-state index contributed by atoms with van der Waals surface area (Å²) in [7, 11) is 0. The van der Waals surface area contributed by atoms with Crippen LogP contribution in [0.2, 0.25) is 0 Å². The van der Waals surface area contributed by atoms with Gasteiger partial charge in [-0.3, -0.25) is 4.79 Å². The summed E-state index contributed by atoms with van der Waals surface area (Å²) in [5.74, 6) is 0.498. The molecule has 138 valence electrons. The second kappa shape index (κ2) is 9.38. The molecule has 1 N–H and O–H groups in total. The predicted octanol–water partition coefficient (Wildman–Crippen LogP) is 5.30. The van der Waals surface area contributed by atoms with Gasteiger partial charge in [-0.2, -0.15) is 0 Å². The second-order valence-electron chi connectivity index (χ2n) is 6.23. The fourth-order valence-electron chi connectivity index (χ4n) is 2.88. The van der Waals surface area contributed by atoms with Gasteiger partial charge in [-0.05, 0) is 51.2 Å². The highest BCUT2D eigenvalue weighted by Gasteiger charge is 2.17. The van der Waals surface area contributed by atoms with Gasteiger partial charge in [0, 0.05) is 0 Å². The molecular formula is C23H22BrNO2. The quantitative estimate of drug-likeness (QED) is 0.559. The molecule has 0 bridgehead atoms. The van der Waals surface area contributed by atoms with Crippen LogP contribution >= 0.6 is 15.9 Å². The Hall–Kier alpha value is -2.59. The number of halogens is 1. The molecule has 0 heterocycles. The van der Waals surface area contributed by atoms with E-state index in [1.807, 2.05) is 78.9 Å². The van der Waals surface area contributed by atoms with E-state index in [-0.39, 0.29) is 18.6 Å². The molecule has 1 amide bonds. The van der Waals surface area contributed by atoms with Gasteiger partial charge in [-0.15, -0.1) is 0 Å². The Kier molecular flexibility index (Phi) is 6.66. The molecule has 0 atom stereocenters. The zero-order valence-electron chi connectivity index (χ0n) is 15.2. The van der Waals surface area contributed by atoms with Crippen molar-refractivity contribution in [2.75, 3.05) is 6.61 Å². The largest absolute Gasteiger partial charge is 0.483 e. The lowest BCUT2D eigenvalue weighted by atomic mass is 9.99. The van der Waals surface area contributed by atoms with Crippen molar-refractivity contribution in [1.82, 2.24) is 5.32 Å². The highest BCUT2D eigenvalue weighted by atomic mass is 79.9. The SMILES string of the molecule is CCc1ccc(OCC(=O)NC(c2ccccc2)c2ccccc2)c(Br)c1. The van der Waals surface area contributed by atoms with E-state index in [0.29, 0.717) is 5.75 Å². The molecule has 0 saturated heterocycles. The first-order chi connectivity index (χ1) is 13.2. The predicted molar refractivity (Wildman–Crippen MR) is 112 cm³/mol. The fourth-order valence-corrected chi connectivity index (χ4v) is 3.42. The van der Waals surface area contributed by atoms with Gasteiger partial charge in [-0.25, -0.2) is 0 Å². The highest BCUT2D eigenvalue weighted by Crippen LogP contribution is 2.26. The molecule has 0 spiro atoms. The van der Waals surface area contributed by atoms with E-state index < -0.39 is 0 Å². The van der Waals surface area contributed by atoms with Crippen molar-refractivity contribution in [3.8, 4) is 5.75 Å². The molecule has 0 radical (unpaired) electrons. The molecule has 0 aliphatic heterocycles. The second-order valence-corrected chi connectivity index (χ2v) is 7.08. The lowest BCUT2D eigenvalue weighted by Crippen LogP contribution is -2.33. The average Bonchev–Trinajstić information content (AvgIpc) is 2.72. The minimum Gasteiger partial charge on any atom is -0.483 e. The molecule has 0 aliphatic carbocycles. The molecule has 0 saturated carbocycles. The third kappa shape index (κ3) is 5.20. The summed E-state index contributed by atoms with van der Waals surface area (Å²) in [5.41, 5.74) is 3.28. The molecule has 4 heteroatoms. The van der Waals surface area contributed by atoms with Crippen LogP contribution < -0.4 is 10.1 Å². The maximum atomic E-state index is 12.6. The Morgan fingerprint density at radius 2 is 1.56 bits per heavy atom. The van der Waals surface area contributed by atoms with Gasteiger partial charge in [0.15, 0.2) is 6.61 Å². The normalized spacial score (nSPS) is 10.6. The maximum Gasteiger partial charge on any atom is 0.258 e. The summed E-state index contributed by atoms with van der Waals surface area (Å²) in [4.78, 5) is 12.6. The van der Waals surface area contributed by atoms with Crippen LogP contribution in [-0.2, 0) is 11.2 Å². The van der Waals surface area contributed by atoms with Crippen LogP contribution in [0.5, 0.6) is 5.75 Å². The summed E-state index contributed by atoms with van der Waals surface area (Å²) in [6.07, 6.45) is 0.954. The van der Waals surface area contributed by atoms with Crippen LogP contribution in [0.25, 0.3) is 0 Å². The van der Waals surface area contributed by atoms with E-state index in [9.17, 15) is 4.79 Å². The van der Waals surface area contributed by atoms with Gasteiger partial charge in [0.25, 0.3) is 5.91 Å². The Morgan fingerprint density at radius 3 is 2.07 bits per heavy atom. The molecule has 0 fully saturated rings. The number of nitrogens with one attached hydrogen (secondary N) is 1. The Balaban J connectivity index is 1.70. The summed E-state index contributed by atoms with van der Waals surface area (Å²) < 4.78 is 6.57. The molecular weight excluding hydrogens is 402 g/mol. The van der Waals surface area contributed by atoms with E-state index in [1.165, 1.54) is 5.56 Å². The van der Waals surface area contributed by atoms with Crippen LogP contribution in [0, 0.1) is 0 Å². The van der Waals surface area contributed by atoms with E-state index >= 15 is 0 Å². The van der Waals surface area contributed by atoms with Crippen LogP contribution in [0.4, 0.5) is 0 Å². The van der Waals surface area contributed by atoms with Gasteiger partial charge < -0.3 is 10.1 Å². The van der Waals surface area contributed by atoms with Gasteiger partial charge in [0.1, 0.15) is 5.75 Å². The first-order valence-corrected chi connectivity index (χ1v) is 9.77. The number of rotatable bonds is 7. The summed E-state index contributed by atoms with van der Waals surface area (Å²) in [5, 5.41) is 3.08. The van der Waals surface area contributed by atoms with Gasteiger partial charge in [-0.1, -0.05) is 73.7 Å². The highest BCUT2D eigenvalue weighted by molar-refractivity contribution is 9.10. The van der Waals surface area contributed by atoms with Crippen LogP contribution in [-0.4, -0.2) is 12.5 Å². The number of carbonyl (C=O) groups is 1. The molecule has 3 aromatic carbocycles. The Morgan fingerprint density at radius 1 is 0.963 bits per heavy atom. The number of aryl methyl sites for hydroxylation is 1. The van der Waals surface area contributed by atoms with Crippen molar-refractivity contribution in [2.24, 2.45) is 0 Å². The van der Waals surface area contributed by atoms with Gasteiger partial charge in [0.05, 0.1) is 10.5 Å². The zero-order chi connectivity index (χ0) is 19.1. The molecule has 3 rings (SSSR count). The third-order valence-electron chi connectivity index (χ3n) is 4.33. The number of ether oxygens (including phenoxy) is 1. The standard InChI is InChI=1S/C23H22BrNO2/c1-2-17-13-14-21(20(24)15-17)27-16-22(26)25-23(18-9-5-3-6-10-18)19-11-7-4-8-12-19/h3-15,23H,2,16H2,1H3,(H,25,26). The minimum absolute atomic E-state index is 0.0414. The van der Waals surface area contributed by atoms with Crippen LogP contribution in [0.15, 0.2) is 83.3 Å². The van der Waals surface area contributed by atoms with Gasteiger partial charge in [0.2, 0.25) is 0 Å². The van der Waals surface area contributed by atoms with Crippen LogP contribution in [0.1, 0.15) is 29.7 Å². The molecule has 27 heavy (non-hydrogen) atoms. The smallest absolute Gasteiger partial charge is 0.258 e. The average molecular weight is 424 g/mol. The molecule has 0 aromatic heterocycles. The van der Waals surface area contributed by atoms with Crippen molar-refractivity contribution in [3.63, 3.8) is 0 Å². The third-order valence-corrected chi connectivity index (χ3v) is 4.95. The number of hydrogen-bond donors (Lipinski definition) is 1. The topological polar surface area (TPSA) is 38.3 Å². The molecule has 3 nitrogen and oxygen atoms in total. The van der Waals surface area contributed by atoms with E-state index in [0.717, 1.165) is 22.0 Å². The molecule has 0 aliphatic rings. The summed E-state index contributed by atoms with van der Waals surface area (Å²) in [6, 6.07) is 25.6. The van der Waals surface area contributed by atoms with E-state index in [2.05, 4.69) is 28.2 Å². The van der Waals surface area contributed by atoms with Crippen molar-refractivity contribution in [1.29, 1.82) is 0 Å². The zero-order valence-corrected chi connectivity index (χ0v) is 16.8. The van der Waals surface area contributed by atoms with E-state index in [4.69, 9.17) is 4.74 Å². The summed E-state index contributed by atoms with van der Waals surface area (Å²) in [6.45, 7) is 2.06. The fraction of sp³-hybridized carbons (Fsp3) is 0.174. The number of hydrogen-bond acceptors (Lipinski definition) is 2. The Labute approximate surface area is 168 Å². The van der Waals surface area contributed by atoms with Crippen molar-refractivity contribution < 1.29 is 9.53 Å². The lowest BCUT2D eigenvalue weighted by molar-refractivity contribution is -0.123.